The summed E-state index contributed by atoms with van der Waals surface area (Å²) in [6, 6.07) is 52.6. The molecular weight excluding hydrogens is 617 g/mol. The lowest BCUT2D eigenvalue weighted by Crippen LogP contribution is -2.03. The summed E-state index contributed by atoms with van der Waals surface area (Å²) in [7, 11) is 0. The van der Waals surface area contributed by atoms with Gasteiger partial charge in [-0.1, -0.05) is 109 Å². The van der Waals surface area contributed by atoms with Crippen molar-refractivity contribution in [3.05, 3.63) is 146 Å². The van der Waals surface area contributed by atoms with Gasteiger partial charge in [0.25, 0.3) is 0 Å². The van der Waals surface area contributed by atoms with Crippen molar-refractivity contribution in [3.8, 4) is 17.2 Å². The number of hydrogen-bond donors (Lipinski definition) is 0. The lowest BCUT2D eigenvalue weighted by atomic mass is 10.0. The highest BCUT2D eigenvalue weighted by Gasteiger charge is 2.26. The minimum absolute atomic E-state index is 0.688. The molecule has 0 unspecified atom stereocenters. The molecule has 0 bridgehead atoms. The third-order valence-corrected chi connectivity index (χ3v) is 11.6. The Labute approximate surface area is 283 Å². The van der Waals surface area contributed by atoms with Gasteiger partial charge in [0.15, 0.2) is 0 Å². The molecular formula is C44H24N4S. The summed E-state index contributed by atoms with van der Waals surface area (Å²) < 4.78 is 7.14. The van der Waals surface area contributed by atoms with Crippen LogP contribution in [0, 0.1) is 0 Å². The maximum absolute atomic E-state index is 5.52. The predicted octanol–water partition coefficient (Wildman–Crippen LogP) is 11.9. The number of nitrogens with zero attached hydrogens (tertiary/aromatic N) is 4. The fourth-order valence-electron chi connectivity index (χ4n) is 8.37. The van der Waals surface area contributed by atoms with Crippen molar-refractivity contribution in [2.75, 3.05) is 0 Å². The Bertz CT molecular complexity index is 3330. The number of para-hydroxylation sites is 2. The minimum atomic E-state index is 0.688. The Kier molecular flexibility index (Phi) is 4.83. The third kappa shape index (κ3) is 3.27. The van der Waals surface area contributed by atoms with E-state index >= 15 is 0 Å². The molecule has 0 amide bonds. The fraction of sp³-hybridized carbons (Fsp3) is 0. The van der Waals surface area contributed by atoms with Crippen molar-refractivity contribution in [1.29, 1.82) is 0 Å². The summed E-state index contributed by atoms with van der Waals surface area (Å²) in [6.45, 7) is 0. The molecule has 4 nitrogen and oxygen atoms in total. The van der Waals surface area contributed by atoms with Gasteiger partial charge in [-0.2, -0.15) is 0 Å². The van der Waals surface area contributed by atoms with Crippen LogP contribution < -0.4 is 0 Å². The van der Waals surface area contributed by atoms with Crippen molar-refractivity contribution in [2.24, 2.45) is 0 Å². The van der Waals surface area contributed by atoms with E-state index in [4.69, 9.17) is 9.97 Å². The largest absolute Gasteiger partial charge is 0.308 e. The second kappa shape index (κ2) is 9.19. The molecule has 0 spiro atoms. The van der Waals surface area contributed by atoms with Gasteiger partial charge in [0.05, 0.1) is 43.5 Å². The molecule has 0 atom stereocenters. The zero-order chi connectivity index (χ0) is 31.8. The maximum atomic E-state index is 5.52. The molecule has 49 heavy (non-hydrogen) atoms. The van der Waals surface area contributed by atoms with Gasteiger partial charge in [-0.15, -0.1) is 11.3 Å². The van der Waals surface area contributed by atoms with Crippen LogP contribution in [-0.4, -0.2) is 18.9 Å². The Hall–Kier alpha value is -6.30. The van der Waals surface area contributed by atoms with Crippen LogP contribution in [0.15, 0.2) is 146 Å². The summed E-state index contributed by atoms with van der Waals surface area (Å²) in [5.41, 5.74) is 8.98. The Morgan fingerprint density at radius 2 is 1.12 bits per heavy atom. The Morgan fingerprint density at radius 1 is 0.469 bits per heavy atom. The van der Waals surface area contributed by atoms with Gasteiger partial charge < -0.3 is 4.40 Å². The number of benzene rings is 7. The van der Waals surface area contributed by atoms with Crippen LogP contribution in [0.3, 0.4) is 0 Å². The van der Waals surface area contributed by atoms with E-state index < -0.39 is 0 Å². The number of rotatable bonds is 2. The normalized spacial score (nSPS) is 12.5. The molecule has 0 radical (unpaired) electrons. The van der Waals surface area contributed by atoms with E-state index in [1.165, 1.54) is 64.3 Å². The highest BCUT2D eigenvalue weighted by Crippen LogP contribution is 2.47. The van der Waals surface area contributed by atoms with Gasteiger partial charge in [0.2, 0.25) is 5.95 Å². The van der Waals surface area contributed by atoms with Crippen LogP contribution in [0.4, 0.5) is 0 Å². The summed E-state index contributed by atoms with van der Waals surface area (Å²) in [5.74, 6) is 0.688. The van der Waals surface area contributed by atoms with Crippen LogP contribution in [0.1, 0.15) is 0 Å². The van der Waals surface area contributed by atoms with Crippen LogP contribution in [-0.2, 0) is 0 Å². The highest BCUT2D eigenvalue weighted by molar-refractivity contribution is 7.26. The number of hydrogen-bond acceptors (Lipinski definition) is 3. The summed E-state index contributed by atoms with van der Waals surface area (Å²) in [4.78, 5) is 11.0. The van der Waals surface area contributed by atoms with Gasteiger partial charge >= 0.3 is 0 Å². The highest BCUT2D eigenvalue weighted by atomic mass is 32.1. The molecule has 0 fully saturated rings. The molecule has 0 aliphatic carbocycles. The second-order valence-corrected chi connectivity index (χ2v) is 14.0. The van der Waals surface area contributed by atoms with Crippen molar-refractivity contribution < 1.29 is 0 Å². The van der Waals surface area contributed by atoms with Crippen molar-refractivity contribution in [3.63, 3.8) is 0 Å². The number of aromatic nitrogens is 4. The zero-order valence-corrected chi connectivity index (χ0v) is 26.9. The summed E-state index contributed by atoms with van der Waals surface area (Å²) >= 11 is 1.77. The van der Waals surface area contributed by atoms with E-state index in [1.807, 2.05) is 0 Å². The van der Waals surface area contributed by atoms with Crippen molar-refractivity contribution in [2.45, 2.75) is 0 Å². The second-order valence-electron chi connectivity index (χ2n) is 13.0. The Balaban J connectivity index is 1.36. The maximum Gasteiger partial charge on any atom is 0.235 e. The molecule has 12 aromatic rings. The molecule has 12 rings (SSSR count). The average Bonchev–Trinajstić information content (AvgIpc) is 3.89. The minimum Gasteiger partial charge on any atom is -0.308 e. The smallest absolute Gasteiger partial charge is 0.235 e. The molecule has 0 N–H and O–H groups in total. The van der Waals surface area contributed by atoms with E-state index in [0.29, 0.717) is 5.95 Å². The van der Waals surface area contributed by atoms with Gasteiger partial charge in [0.1, 0.15) is 0 Å². The summed E-state index contributed by atoms with van der Waals surface area (Å²) in [5, 5.41) is 11.0. The number of thiophene rings is 1. The topological polar surface area (TPSA) is 35.1 Å². The van der Waals surface area contributed by atoms with E-state index in [9.17, 15) is 0 Å². The van der Waals surface area contributed by atoms with Gasteiger partial charge in [-0.25, -0.2) is 9.97 Å². The van der Waals surface area contributed by atoms with Gasteiger partial charge in [0, 0.05) is 48.0 Å². The van der Waals surface area contributed by atoms with Crippen LogP contribution in [0.25, 0.3) is 108 Å². The van der Waals surface area contributed by atoms with Crippen LogP contribution in [0.5, 0.6) is 0 Å². The molecule has 0 saturated carbocycles. The molecule has 0 aliphatic rings. The molecule has 5 aromatic heterocycles. The SMILES string of the molecule is c1ccc(-c2nc(-n3c4cc5ccccc5cc4c4cc5c6ccccc6n6c7ccccc7c(c43)c56)nc3c2sc2ccccc23)cc1. The van der Waals surface area contributed by atoms with E-state index in [0.717, 1.165) is 37.9 Å². The first-order chi connectivity index (χ1) is 24.3. The van der Waals surface area contributed by atoms with Gasteiger partial charge in [-0.3, -0.25) is 4.57 Å². The van der Waals surface area contributed by atoms with E-state index in [-0.39, 0.29) is 0 Å². The third-order valence-electron chi connectivity index (χ3n) is 10.4. The molecule has 7 aromatic carbocycles. The van der Waals surface area contributed by atoms with Crippen molar-refractivity contribution in [1.82, 2.24) is 18.9 Å². The van der Waals surface area contributed by atoms with Gasteiger partial charge in [-0.05, 0) is 47.2 Å². The number of fused-ring (bicyclic) bond motifs is 14. The van der Waals surface area contributed by atoms with Crippen LogP contribution in [0.2, 0.25) is 0 Å². The monoisotopic (exact) mass is 640 g/mol. The first-order valence-electron chi connectivity index (χ1n) is 16.6. The molecule has 226 valence electrons. The first kappa shape index (κ1) is 25.7. The standard InChI is InChI=1S/C44H24N4S/c1-2-12-25(13-3-1)39-43-40(30-18-8-11-21-37(30)49-43)46-44(45-39)48-36-23-27-15-5-4-14-26(27)22-31(36)33-24-32-28-16-6-9-19-34(28)47-35-20-10-7-17-29(35)38(41(32)47)42(33)48/h1-24H. The first-order valence-corrected chi connectivity index (χ1v) is 17.4. The quantitative estimate of drug-likeness (QED) is 0.188. The Morgan fingerprint density at radius 3 is 1.96 bits per heavy atom. The molecule has 0 saturated heterocycles. The zero-order valence-electron chi connectivity index (χ0n) is 26.1. The van der Waals surface area contributed by atoms with E-state index in [1.54, 1.807) is 11.3 Å². The molecule has 5 heteroatoms. The fourth-order valence-corrected chi connectivity index (χ4v) is 9.52. The average molecular weight is 641 g/mol. The van der Waals surface area contributed by atoms with E-state index in [2.05, 4.69) is 155 Å². The summed E-state index contributed by atoms with van der Waals surface area (Å²) in [6.07, 6.45) is 0. The predicted molar refractivity (Wildman–Crippen MR) is 207 cm³/mol. The molecule has 5 heterocycles. The lowest BCUT2D eigenvalue weighted by molar-refractivity contribution is 1.02. The molecule has 0 aliphatic heterocycles. The van der Waals surface area contributed by atoms with Crippen LogP contribution >= 0.6 is 11.3 Å². The van der Waals surface area contributed by atoms with Crippen molar-refractivity contribution >= 4 is 102 Å². The lowest BCUT2D eigenvalue weighted by Gasteiger charge is -2.11.